The van der Waals surface area contributed by atoms with Gasteiger partial charge in [-0.2, -0.15) is 5.10 Å². The summed E-state index contributed by atoms with van der Waals surface area (Å²) in [4.78, 5) is 16.1. The van der Waals surface area contributed by atoms with E-state index < -0.39 is 0 Å². The van der Waals surface area contributed by atoms with Crippen LogP contribution in [0.5, 0.6) is 0 Å². The third-order valence-corrected chi connectivity index (χ3v) is 3.60. The molecule has 2 aromatic heterocycles. The number of nitrogens with zero attached hydrogens (tertiary/aromatic N) is 2. The fraction of sp³-hybridized carbons (Fsp3) is 0.357. The number of aromatic nitrogens is 3. The molecule has 21 heavy (non-hydrogen) atoms. The number of nitrogen functional groups attached to an aromatic ring is 1. The third kappa shape index (κ3) is 3.19. The fourth-order valence-electron chi connectivity index (χ4n) is 2.48. The Kier molecular flexibility index (Phi) is 3.83. The summed E-state index contributed by atoms with van der Waals surface area (Å²) < 4.78 is 5.50. The predicted molar refractivity (Wildman–Crippen MR) is 76.5 cm³/mol. The van der Waals surface area contributed by atoms with Gasteiger partial charge in [-0.15, -0.1) is 0 Å². The average molecular weight is 287 g/mol. The maximum atomic E-state index is 12.1. The lowest BCUT2D eigenvalue weighted by atomic mass is 9.95. The molecule has 0 aliphatic carbocycles. The standard InChI is InChI=1S/C14H17N5O2/c15-13-6-11(18-19-13)14(20)17-12-8-21-7-10(12)5-9-1-3-16-4-2-9/h1-4,6,10,12H,5,7-8H2,(H,17,20)(H3,15,18,19)/t10-,12+/m1/s1. The van der Waals surface area contributed by atoms with Crippen LogP contribution in [0.4, 0.5) is 5.82 Å². The molecule has 4 N–H and O–H groups in total. The zero-order chi connectivity index (χ0) is 14.7. The second kappa shape index (κ2) is 5.92. The molecular formula is C14H17N5O2. The first kappa shape index (κ1) is 13.6. The number of hydrogen-bond donors (Lipinski definition) is 3. The smallest absolute Gasteiger partial charge is 0.269 e. The number of amides is 1. The van der Waals surface area contributed by atoms with Crippen molar-refractivity contribution in [2.24, 2.45) is 5.92 Å². The largest absolute Gasteiger partial charge is 0.382 e. The predicted octanol–water partition coefficient (Wildman–Crippen LogP) is 0.374. The summed E-state index contributed by atoms with van der Waals surface area (Å²) >= 11 is 0. The molecule has 2 aromatic rings. The summed E-state index contributed by atoms with van der Waals surface area (Å²) in [5.74, 6) is 0.335. The summed E-state index contributed by atoms with van der Waals surface area (Å²) in [6.45, 7) is 1.16. The minimum Gasteiger partial charge on any atom is -0.382 e. The van der Waals surface area contributed by atoms with Crippen LogP contribution in [0.15, 0.2) is 30.6 Å². The highest BCUT2D eigenvalue weighted by Crippen LogP contribution is 2.19. The molecule has 1 amide bonds. The molecule has 2 atom stereocenters. The Bertz CT molecular complexity index is 613. The van der Waals surface area contributed by atoms with Gasteiger partial charge in [-0.25, -0.2) is 0 Å². The molecule has 110 valence electrons. The molecule has 1 saturated heterocycles. The van der Waals surface area contributed by atoms with Gasteiger partial charge in [-0.1, -0.05) is 0 Å². The van der Waals surface area contributed by atoms with Crippen LogP contribution >= 0.6 is 0 Å². The van der Waals surface area contributed by atoms with Gasteiger partial charge in [-0.3, -0.25) is 14.9 Å². The summed E-state index contributed by atoms with van der Waals surface area (Å²) in [7, 11) is 0. The number of carbonyl (C=O) groups excluding carboxylic acids is 1. The number of carbonyl (C=O) groups is 1. The zero-order valence-corrected chi connectivity index (χ0v) is 11.5. The van der Waals surface area contributed by atoms with E-state index in [-0.39, 0.29) is 17.9 Å². The molecule has 1 aliphatic heterocycles. The van der Waals surface area contributed by atoms with Crippen LogP contribution in [-0.4, -0.2) is 40.3 Å². The van der Waals surface area contributed by atoms with Crippen LogP contribution in [0.1, 0.15) is 16.1 Å². The molecule has 0 bridgehead atoms. The van der Waals surface area contributed by atoms with Crippen LogP contribution in [-0.2, 0) is 11.2 Å². The van der Waals surface area contributed by atoms with E-state index in [0.29, 0.717) is 24.7 Å². The van der Waals surface area contributed by atoms with Crippen LogP contribution in [0.2, 0.25) is 0 Å². The van der Waals surface area contributed by atoms with Gasteiger partial charge in [0.25, 0.3) is 5.91 Å². The maximum Gasteiger partial charge on any atom is 0.269 e. The van der Waals surface area contributed by atoms with E-state index >= 15 is 0 Å². The van der Waals surface area contributed by atoms with E-state index in [1.54, 1.807) is 12.4 Å². The fourth-order valence-corrected chi connectivity index (χ4v) is 2.48. The van der Waals surface area contributed by atoms with Crippen molar-refractivity contribution < 1.29 is 9.53 Å². The van der Waals surface area contributed by atoms with Crippen LogP contribution in [0.3, 0.4) is 0 Å². The first-order chi connectivity index (χ1) is 10.2. The zero-order valence-electron chi connectivity index (χ0n) is 11.5. The molecule has 0 saturated carbocycles. The SMILES string of the molecule is Nc1cc(C(=O)N[C@H]2COC[C@H]2Cc2ccncc2)[nH]n1. The lowest BCUT2D eigenvalue weighted by molar-refractivity contribution is 0.0920. The molecule has 0 aromatic carbocycles. The van der Waals surface area contributed by atoms with Gasteiger partial charge in [0.15, 0.2) is 0 Å². The van der Waals surface area contributed by atoms with Gasteiger partial charge < -0.3 is 15.8 Å². The first-order valence-corrected chi connectivity index (χ1v) is 6.81. The number of aromatic amines is 1. The van der Waals surface area contributed by atoms with Crippen molar-refractivity contribution in [3.05, 3.63) is 41.9 Å². The van der Waals surface area contributed by atoms with Crippen molar-refractivity contribution >= 4 is 11.7 Å². The Balaban J connectivity index is 1.63. The lowest BCUT2D eigenvalue weighted by Gasteiger charge is -2.18. The first-order valence-electron chi connectivity index (χ1n) is 6.81. The molecular weight excluding hydrogens is 270 g/mol. The summed E-state index contributed by atoms with van der Waals surface area (Å²) in [6.07, 6.45) is 4.39. The molecule has 1 fully saturated rings. The van der Waals surface area contributed by atoms with Crippen LogP contribution < -0.4 is 11.1 Å². The summed E-state index contributed by atoms with van der Waals surface area (Å²) in [6, 6.07) is 5.46. The van der Waals surface area contributed by atoms with Gasteiger partial charge in [0.05, 0.1) is 19.3 Å². The Hall–Kier alpha value is -2.41. The van der Waals surface area contributed by atoms with Crippen molar-refractivity contribution in [2.45, 2.75) is 12.5 Å². The van der Waals surface area contributed by atoms with E-state index in [4.69, 9.17) is 10.5 Å². The number of ether oxygens (including phenoxy) is 1. The molecule has 0 radical (unpaired) electrons. The highest BCUT2D eigenvalue weighted by Gasteiger charge is 2.30. The van der Waals surface area contributed by atoms with Crippen LogP contribution in [0.25, 0.3) is 0 Å². The lowest BCUT2D eigenvalue weighted by Crippen LogP contribution is -2.40. The van der Waals surface area contributed by atoms with Crippen molar-refractivity contribution in [1.82, 2.24) is 20.5 Å². The number of pyridine rings is 1. The number of nitrogens with two attached hydrogens (primary N) is 1. The number of hydrogen-bond acceptors (Lipinski definition) is 5. The van der Waals surface area contributed by atoms with E-state index in [1.807, 2.05) is 12.1 Å². The molecule has 7 heteroatoms. The molecule has 1 aliphatic rings. The van der Waals surface area contributed by atoms with Crippen molar-refractivity contribution in [1.29, 1.82) is 0 Å². The topological polar surface area (TPSA) is 106 Å². The van der Waals surface area contributed by atoms with Crippen LogP contribution in [0, 0.1) is 5.92 Å². The molecule has 3 rings (SSSR count). The Labute approximate surface area is 121 Å². The monoisotopic (exact) mass is 287 g/mol. The number of anilines is 1. The highest BCUT2D eigenvalue weighted by molar-refractivity contribution is 5.93. The summed E-state index contributed by atoms with van der Waals surface area (Å²) in [5, 5.41) is 9.33. The van der Waals surface area contributed by atoms with Gasteiger partial charge in [-0.05, 0) is 24.1 Å². The van der Waals surface area contributed by atoms with E-state index in [0.717, 1.165) is 6.42 Å². The number of H-pyrrole nitrogens is 1. The summed E-state index contributed by atoms with van der Waals surface area (Å²) in [5.41, 5.74) is 7.05. The van der Waals surface area contributed by atoms with Gasteiger partial charge in [0.1, 0.15) is 11.5 Å². The Morgan fingerprint density at radius 3 is 2.95 bits per heavy atom. The van der Waals surface area contributed by atoms with E-state index in [1.165, 1.54) is 11.6 Å². The quantitative estimate of drug-likeness (QED) is 0.753. The Morgan fingerprint density at radius 1 is 1.43 bits per heavy atom. The number of nitrogens with one attached hydrogen (secondary N) is 2. The van der Waals surface area contributed by atoms with Crippen molar-refractivity contribution in [3.63, 3.8) is 0 Å². The van der Waals surface area contributed by atoms with Gasteiger partial charge in [0, 0.05) is 24.4 Å². The molecule has 3 heterocycles. The third-order valence-electron chi connectivity index (χ3n) is 3.60. The van der Waals surface area contributed by atoms with Crippen molar-refractivity contribution in [3.8, 4) is 0 Å². The van der Waals surface area contributed by atoms with Gasteiger partial charge in [0.2, 0.25) is 0 Å². The highest BCUT2D eigenvalue weighted by atomic mass is 16.5. The minimum atomic E-state index is -0.213. The minimum absolute atomic E-state index is 0.0183. The Morgan fingerprint density at radius 2 is 2.24 bits per heavy atom. The van der Waals surface area contributed by atoms with E-state index in [2.05, 4.69) is 20.5 Å². The van der Waals surface area contributed by atoms with E-state index in [9.17, 15) is 4.79 Å². The van der Waals surface area contributed by atoms with Crippen molar-refractivity contribution in [2.75, 3.05) is 18.9 Å². The molecule has 7 nitrogen and oxygen atoms in total. The average Bonchev–Trinajstić information content (AvgIpc) is 3.10. The second-order valence-electron chi connectivity index (χ2n) is 5.14. The molecule has 0 unspecified atom stereocenters. The maximum absolute atomic E-state index is 12.1. The normalized spacial score (nSPS) is 21.3. The molecule has 0 spiro atoms. The second-order valence-corrected chi connectivity index (χ2v) is 5.14. The number of rotatable bonds is 4. The van der Waals surface area contributed by atoms with Gasteiger partial charge >= 0.3 is 0 Å².